The number of methoxy groups -OCH3 is 1. The Morgan fingerprint density at radius 1 is 1.20 bits per heavy atom. The van der Waals surface area contributed by atoms with Crippen LogP contribution in [0.3, 0.4) is 0 Å². The summed E-state index contributed by atoms with van der Waals surface area (Å²) >= 11 is 0. The summed E-state index contributed by atoms with van der Waals surface area (Å²) in [7, 11) is 1.60. The van der Waals surface area contributed by atoms with Gasteiger partial charge in [-0.25, -0.2) is 4.79 Å². The van der Waals surface area contributed by atoms with Crippen LogP contribution in [0.25, 0.3) is 0 Å². The third kappa shape index (κ3) is 3.44. The van der Waals surface area contributed by atoms with Crippen LogP contribution in [-0.2, 0) is 0 Å². The van der Waals surface area contributed by atoms with Crippen LogP contribution in [0, 0.1) is 11.8 Å². The first kappa shape index (κ1) is 14.7. The fourth-order valence-corrected chi connectivity index (χ4v) is 3.02. The standard InChI is InChI=1S/C16H24N2O2/c1-11-7-6-8-12(2)15(11)18-16(19)17-13-9-4-5-10-14(13)20-3/h4-5,9-12,15H,6-8H2,1-3H3,(H2,17,18,19). The minimum atomic E-state index is -0.153. The van der Waals surface area contributed by atoms with Gasteiger partial charge in [0.2, 0.25) is 0 Å². The average molecular weight is 276 g/mol. The first-order chi connectivity index (χ1) is 9.61. The van der Waals surface area contributed by atoms with E-state index in [-0.39, 0.29) is 12.1 Å². The van der Waals surface area contributed by atoms with Gasteiger partial charge in [-0.2, -0.15) is 0 Å². The summed E-state index contributed by atoms with van der Waals surface area (Å²) in [5, 5.41) is 5.99. The van der Waals surface area contributed by atoms with Gasteiger partial charge in [0.25, 0.3) is 0 Å². The third-order valence-electron chi connectivity index (χ3n) is 4.20. The lowest BCUT2D eigenvalue weighted by Gasteiger charge is -2.35. The highest BCUT2D eigenvalue weighted by Crippen LogP contribution is 2.29. The molecule has 1 saturated carbocycles. The molecule has 2 rings (SSSR count). The number of hydrogen-bond donors (Lipinski definition) is 2. The summed E-state index contributed by atoms with van der Waals surface area (Å²) in [6.45, 7) is 4.42. The van der Waals surface area contributed by atoms with E-state index in [0.717, 1.165) is 0 Å². The number of amides is 2. The highest BCUT2D eigenvalue weighted by Gasteiger charge is 2.28. The molecule has 0 radical (unpaired) electrons. The van der Waals surface area contributed by atoms with Gasteiger partial charge >= 0.3 is 6.03 Å². The highest BCUT2D eigenvalue weighted by atomic mass is 16.5. The molecule has 0 spiro atoms. The van der Waals surface area contributed by atoms with Crippen LogP contribution in [0.4, 0.5) is 10.5 Å². The molecule has 4 nitrogen and oxygen atoms in total. The predicted octanol–water partition coefficient (Wildman–Crippen LogP) is 3.64. The smallest absolute Gasteiger partial charge is 0.319 e. The highest BCUT2D eigenvalue weighted by molar-refractivity contribution is 5.91. The number of hydrogen-bond acceptors (Lipinski definition) is 2. The molecule has 2 atom stereocenters. The van der Waals surface area contributed by atoms with Crippen molar-refractivity contribution in [2.75, 3.05) is 12.4 Å². The Morgan fingerprint density at radius 3 is 2.50 bits per heavy atom. The summed E-state index contributed by atoms with van der Waals surface area (Å²) < 4.78 is 5.24. The number of rotatable bonds is 3. The second kappa shape index (κ2) is 6.64. The van der Waals surface area contributed by atoms with Crippen molar-refractivity contribution in [1.29, 1.82) is 0 Å². The van der Waals surface area contributed by atoms with Crippen molar-refractivity contribution in [2.45, 2.75) is 39.2 Å². The van der Waals surface area contributed by atoms with Gasteiger partial charge in [-0.1, -0.05) is 32.4 Å². The van der Waals surface area contributed by atoms with Gasteiger partial charge in [-0.15, -0.1) is 0 Å². The SMILES string of the molecule is COc1ccccc1NC(=O)NC1C(C)CCCC1C. The normalized spacial score (nSPS) is 25.9. The van der Waals surface area contributed by atoms with Crippen LogP contribution in [0.2, 0.25) is 0 Å². The van der Waals surface area contributed by atoms with Gasteiger partial charge in [0.15, 0.2) is 0 Å². The van der Waals surface area contributed by atoms with Crippen molar-refractivity contribution in [1.82, 2.24) is 5.32 Å². The Balaban J connectivity index is 1.98. The van der Waals surface area contributed by atoms with E-state index in [2.05, 4.69) is 24.5 Å². The molecular formula is C16H24N2O2. The summed E-state index contributed by atoms with van der Waals surface area (Å²) in [5.74, 6) is 1.73. The van der Waals surface area contributed by atoms with Crippen LogP contribution in [0.1, 0.15) is 33.1 Å². The number of ether oxygens (including phenoxy) is 1. The number of para-hydroxylation sites is 2. The van der Waals surface area contributed by atoms with E-state index in [4.69, 9.17) is 4.74 Å². The Kier molecular flexibility index (Phi) is 4.88. The van der Waals surface area contributed by atoms with Gasteiger partial charge < -0.3 is 15.4 Å². The Morgan fingerprint density at radius 2 is 1.85 bits per heavy atom. The molecule has 0 aliphatic heterocycles. The number of carbonyl (C=O) groups excluding carboxylic acids is 1. The fraction of sp³-hybridized carbons (Fsp3) is 0.562. The van der Waals surface area contributed by atoms with Crippen molar-refractivity contribution < 1.29 is 9.53 Å². The molecular weight excluding hydrogens is 252 g/mol. The quantitative estimate of drug-likeness (QED) is 0.885. The van der Waals surface area contributed by atoms with Crippen LogP contribution in [0.15, 0.2) is 24.3 Å². The molecule has 1 aliphatic rings. The number of carbonyl (C=O) groups is 1. The first-order valence-corrected chi connectivity index (χ1v) is 7.32. The summed E-state index contributed by atoms with van der Waals surface area (Å²) in [6.07, 6.45) is 3.63. The predicted molar refractivity (Wildman–Crippen MR) is 81.1 cm³/mol. The van der Waals surface area contributed by atoms with Crippen molar-refractivity contribution in [3.8, 4) is 5.75 Å². The van der Waals surface area contributed by atoms with E-state index < -0.39 is 0 Å². The van der Waals surface area contributed by atoms with E-state index in [0.29, 0.717) is 23.3 Å². The largest absolute Gasteiger partial charge is 0.495 e. The molecule has 1 aliphatic carbocycles. The molecule has 0 aromatic heterocycles. The fourth-order valence-electron chi connectivity index (χ4n) is 3.02. The lowest BCUT2D eigenvalue weighted by atomic mass is 9.79. The van der Waals surface area contributed by atoms with Crippen LogP contribution in [0.5, 0.6) is 5.75 Å². The monoisotopic (exact) mass is 276 g/mol. The zero-order valence-corrected chi connectivity index (χ0v) is 12.5. The third-order valence-corrected chi connectivity index (χ3v) is 4.20. The van der Waals surface area contributed by atoms with E-state index in [1.165, 1.54) is 19.3 Å². The lowest BCUT2D eigenvalue weighted by molar-refractivity contribution is 0.201. The van der Waals surface area contributed by atoms with Gasteiger partial charge in [0.05, 0.1) is 12.8 Å². The molecule has 4 heteroatoms. The maximum absolute atomic E-state index is 12.2. The molecule has 2 unspecified atom stereocenters. The Hall–Kier alpha value is -1.71. The Labute approximate surface area is 120 Å². The molecule has 0 saturated heterocycles. The molecule has 0 bridgehead atoms. The van der Waals surface area contributed by atoms with Gasteiger partial charge in [-0.3, -0.25) is 0 Å². The van der Waals surface area contributed by atoms with E-state index in [1.807, 2.05) is 24.3 Å². The summed E-state index contributed by atoms with van der Waals surface area (Å²) in [5.41, 5.74) is 0.698. The maximum atomic E-state index is 12.2. The molecule has 20 heavy (non-hydrogen) atoms. The van der Waals surface area contributed by atoms with Crippen molar-refractivity contribution in [3.05, 3.63) is 24.3 Å². The first-order valence-electron chi connectivity index (χ1n) is 7.32. The molecule has 2 N–H and O–H groups in total. The lowest BCUT2D eigenvalue weighted by Crippen LogP contribution is -2.47. The zero-order chi connectivity index (χ0) is 14.5. The van der Waals surface area contributed by atoms with Crippen LogP contribution in [-0.4, -0.2) is 19.2 Å². The number of urea groups is 1. The van der Waals surface area contributed by atoms with Crippen LogP contribution >= 0.6 is 0 Å². The second-order valence-electron chi connectivity index (χ2n) is 5.71. The van der Waals surface area contributed by atoms with Gasteiger partial charge in [-0.05, 0) is 36.8 Å². The molecule has 2 amide bonds. The number of nitrogens with one attached hydrogen (secondary N) is 2. The summed E-state index contributed by atoms with van der Waals surface area (Å²) in [6, 6.07) is 7.53. The minimum Gasteiger partial charge on any atom is -0.495 e. The molecule has 1 fully saturated rings. The average Bonchev–Trinajstić information content (AvgIpc) is 2.44. The van der Waals surface area contributed by atoms with E-state index in [1.54, 1.807) is 7.11 Å². The van der Waals surface area contributed by atoms with E-state index >= 15 is 0 Å². The maximum Gasteiger partial charge on any atom is 0.319 e. The van der Waals surface area contributed by atoms with E-state index in [9.17, 15) is 4.79 Å². The molecule has 1 aromatic carbocycles. The van der Waals surface area contributed by atoms with Crippen LogP contribution < -0.4 is 15.4 Å². The molecule has 0 heterocycles. The Bertz CT molecular complexity index is 452. The number of anilines is 1. The summed E-state index contributed by atoms with van der Waals surface area (Å²) in [4.78, 5) is 12.2. The van der Waals surface area contributed by atoms with Gasteiger partial charge in [0.1, 0.15) is 5.75 Å². The number of benzene rings is 1. The van der Waals surface area contributed by atoms with Crippen molar-refractivity contribution in [3.63, 3.8) is 0 Å². The zero-order valence-electron chi connectivity index (χ0n) is 12.5. The van der Waals surface area contributed by atoms with Gasteiger partial charge in [0, 0.05) is 6.04 Å². The molecule has 110 valence electrons. The second-order valence-corrected chi connectivity index (χ2v) is 5.71. The minimum absolute atomic E-state index is 0.153. The topological polar surface area (TPSA) is 50.4 Å². The molecule has 1 aromatic rings. The van der Waals surface area contributed by atoms with Crippen molar-refractivity contribution >= 4 is 11.7 Å². The van der Waals surface area contributed by atoms with Crippen molar-refractivity contribution in [2.24, 2.45) is 11.8 Å².